The van der Waals surface area contributed by atoms with Gasteiger partial charge in [-0.1, -0.05) is 12.1 Å². The first-order chi connectivity index (χ1) is 11.8. The predicted molar refractivity (Wildman–Crippen MR) is 90.6 cm³/mol. The SMILES string of the molecule is CC(C)(C)OC(=O)N1CCCC(c2ccc(-[n+]3cc(=O)o[nH]3)cc2)C1. The molecule has 7 heteroatoms. The largest absolute Gasteiger partial charge is 0.444 e. The first-order valence-corrected chi connectivity index (χ1v) is 8.50. The van der Waals surface area contributed by atoms with E-state index in [1.165, 1.54) is 16.4 Å². The molecule has 0 bridgehead atoms. The van der Waals surface area contributed by atoms with E-state index in [-0.39, 0.29) is 12.0 Å². The summed E-state index contributed by atoms with van der Waals surface area (Å²) < 4.78 is 11.7. The molecule has 1 atom stereocenters. The summed E-state index contributed by atoms with van der Waals surface area (Å²) >= 11 is 0. The molecule has 1 aliphatic rings. The molecule has 0 radical (unpaired) electrons. The topological polar surface area (TPSA) is 79.4 Å². The van der Waals surface area contributed by atoms with Crippen LogP contribution < -0.4 is 10.3 Å². The van der Waals surface area contributed by atoms with Gasteiger partial charge in [-0.15, -0.1) is 0 Å². The molecule has 134 valence electrons. The normalized spacial score (nSPS) is 18.2. The highest BCUT2D eigenvalue weighted by atomic mass is 16.6. The van der Waals surface area contributed by atoms with Gasteiger partial charge in [0.1, 0.15) is 5.60 Å². The number of hydrogen-bond acceptors (Lipinski definition) is 4. The Morgan fingerprint density at radius 3 is 2.64 bits per heavy atom. The zero-order valence-corrected chi connectivity index (χ0v) is 14.8. The summed E-state index contributed by atoms with van der Waals surface area (Å²) in [5.41, 5.74) is 1.08. The molecule has 1 aromatic carbocycles. The van der Waals surface area contributed by atoms with E-state index in [0.717, 1.165) is 25.1 Å². The van der Waals surface area contributed by atoms with Crippen molar-refractivity contribution in [2.75, 3.05) is 13.1 Å². The quantitative estimate of drug-likeness (QED) is 0.847. The van der Waals surface area contributed by atoms with Crippen molar-refractivity contribution in [2.45, 2.75) is 45.1 Å². The number of aromatic nitrogens is 2. The number of likely N-dealkylation sites (tertiary alicyclic amines) is 1. The molecule has 0 aliphatic carbocycles. The molecule has 25 heavy (non-hydrogen) atoms. The Balaban J connectivity index is 1.69. The number of rotatable bonds is 2. The number of nitrogens with zero attached hydrogens (tertiary/aromatic N) is 2. The van der Waals surface area contributed by atoms with E-state index in [9.17, 15) is 9.59 Å². The second-order valence-electron chi connectivity index (χ2n) is 7.37. The van der Waals surface area contributed by atoms with Gasteiger partial charge in [0.25, 0.3) is 6.20 Å². The first-order valence-electron chi connectivity index (χ1n) is 8.50. The third kappa shape index (κ3) is 4.29. The van der Waals surface area contributed by atoms with Gasteiger partial charge in [0, 0.05) is 31.1 Å². The maximum absolute atomic E-state index is 12.3. The monoisotopic (exact) mass is 346 g/mol. The van der Waals surface area contributed by atoms with Crippen LogP contribution in [0.25, 0.3) is 5.69 Å². The molecular formula is C18H24N3O4+. The number of piperidine rings is 1. The van der Waals surface area contributed by atoms with Crippen molar-refractivity contribution in [2.24, 2.45) is 0 Å². The van der Waals surface area contributed by atoms with Crippen molar-refractivity contribution >= 4 is 6.09 Å². The zero-order valence-electron chi connectivity index (χ0n) is 14.8. The number of benzene rings is 1. The summed E-state index contributed by atoms with van der Waals surface area (Å²) in [4.78, 5) is 25.2. The van der Waals surface area contributed by atoms with Crippen LogP contribution in [0.5, 0.6) is 0 Å². The zero-order chi connectivity index (χ0) is 18.0. The fraction of sp³-hybridized carbons (Fsp3) is 0.500. The van der Waals surface area contributed by atoms with Crippen molar-refractivity contribution in [1.29, 1.82) is 0 Å². The van der Waals surface area contributed by atoms with Gasteiger partial charge in [-0.05, 0) is 49.1 Å². The minimum absolute atomic E-state index is 0.250. The number of ether oxygens (including phenoxy) is 1. The van der Waals surface area contributed by atoms with Gasteiger partial charge < -0.3 is 9.64 Å². The van der Waals surface area contributed by atoms with E-state index in [0.29, 0.717) is 6.54 Å². The minimum Gasteiger partial charge on any atom is -0.444 e. The summed E-state index contributed by atoms with van der Waals surface area (Å²) in [6, 6.07) is 7.90. The summed E-state index contributed by atoms with van der Waals surface area (Å²) in [5.74, 6) is 0.281. The first kappa shape index (κ1) is 17.3. The van der Waals surface area contributed by atoms with E-state index in [1.54, 1.807) is 4.90 Å². The number of H-pyrrole nitrogens is 1. The van der Waals surface area contributed by atoms with E-state index in [4.69, 9.17) is 4.74 Å². The summed E-state index contributed by atoms with van der Waals surface area (Å²) in [6.07, 6.45) is 3.09. The van der Waals surface area contributed by atoms with Crippen molar-refractivity contribution in [3.05, 3.63) is 46.4 Å². The highest BCUT2D eigenvalue weighted by Gasteiger charge is 2.28. The molecule has 3 rings (SSSR count). The Hall–Kier alpha value is -2.57. The molecule has 1 amide bonds. The standard InChI is InChI=1S/C18H23N3O4/c1-18(2,3)24-17(23)20-10-4-5-14(11-20)13-6-8-15(9-7-13)21-12-16(22)25-19-21/h6-9,12,14H,4-5,10-11H2,1-3H3/p+1. The number of nitrogens with one attached hydrogen (secondary N) is 1. The minimum atomic E-state index is -0.482. The Bertz CT molecular complexity index is 786. The van der Waals surface area contributed by atoms with E-state index in [2.05, 4.69) is 9.79 Å². The van der Waals surface area contributed by atoms with E-state index in [1.807, 2.05) is 45.0 Å². The molecule has 2 aromatic rings. The molecule has 0 saturated carbocycles. The molecule has 1 unspecified atom stereocenters. The summed E-state index contributed by atoms with van der Waals surface area (Å²) in [5, 5.41) is 2.52. The van der Waals surface area contributed by atoms with Gasteiger partial charge in [0.15, 0.2) is 0 Å². The molecule has 0 spiro atoms. The number of carbonyl (C=O) groups excluding carboxylic acids is 1. The number of aromatic amines is 1. The maximum Gasteiger partial charge on any atom is 0.427 e. The van der Waals surface area contributed by atoms with Crippen LogP contribution in [0.1, 0.15) is 45.1 Å². The third-order valence-electron chi connectivity index (χ3n) is 4.19. The van der Waals surface area contributed by atoms with Crippen molar-refractivity contribution in [3.8, 4) is 5.69 Å². The van der Waals surface area contributed by atoms with Gasteiger partial charge in [0.05, 0.1) is 0 Å². The summed E-state index contributed by atoms with van der Waals surface area (Å²) in [6.45, 7) is 7.02. The smallest absolute Gasteiger partial charge is 0.427 e. The molecule has 7 nitrogen and oxygen atoms in total. The Kier molecular flexibility index (Phi) is 4.65. The second-order valence-corrected chi connectivity index (χ2v) is 7.37. The van der Waals surface area contributed by atoms with E-state index >= 15 is 0 Å². The van der Waals surface area contributed by atoms with Gasteiger partial charge >= 0.3 is 11.7 Å². The van der Waals surface area contributed by atoms with Crippen LogP contribution >= 0.6 is 0 Å². The van der Waals surface area contributed by atoms with Crippen LogP contribution in [0.15, 0.2) is 39.8 Å². The fourth-order valence-electron chi connectivity index (χ4n) is 3.03. The average Bonchev–Trinajstić information content (AvgIpc) is 3.00. The summed E-state index contributed by atoms with van der Waals surface area (Å²) in [7, 11) is 0. The number of amides is 1. The van der Waals surface area contributed by atoms with E-state index < -0.39 is 11.2 Å². The molecule has 1 N–H and O–H groups in total. The number of carbonyl (C=O) groups is 1. The van der Waals surface area contributed by atoms with Crippen LogP contribution in [0.4, 0.5) is 4.79 Å². The predicted octanol–water partition coefficient (Wildman–Crippen LogP) is 2.36. The average molecular weight is 346 g/mol. The van der Waals surface area contributed by atoms with Gasteiger partial charge in [-0.3, -0.25) is 4.52 Å². The molecule has 1 fully saturated rings. The Morgan fingerprint density at radius 1 is 1.32 bits per heavy atom. The van der Waals surface area contributed by atoms with Crippen molar-refractivity contribution < 1.29 is 18.7 Å². The van der Waals surface area contributed by atoms with Gasteiger partial charge in [-0.2, -0.15) is 0 Å². The Labute approximate surface area is 146 Å². The second kappa shape index (κ2) is 6.74. The molecule has 1 aromatic heterocycles. The lowest BCUT2D eigenvalue weighted by atomic mass is 9.91. The lowest BCUT2D eigenvalue weighted by molar-refractivity contribution is -0.670. The third-order valence-corrected chi connectivity index (χ3v) is 4.19. The van der Waals surface area contributed by atoms with Crippen LogP contribution in [-0.4, -0.2) is 35.0 Å². The number of hydrogen-bond donors (Lipinski definition) is 1. The Morgan fingerprint density at radius 2 is 2.04 bits per heavy atom. The highest BCUT2D eigenvalue weighted by molar-refractivity contribution is 5.68. The van der Waals surface area contributed by atoms with Crippen LogP contribution in [-0.2, 0) is 4.74 Å². The van der Waals surface area contributed by atoms with Gasteiger partial charge in [0.2, 0.25) is 5.69 Å². The fourth-order valence-corrected chi connectivity index (χ4v) is 3.03. The van der Waals surface area contributed by atoms with Crippen LogP contribution in [0.3, 0.4) is 0 Å². The lowest BCUT2D eigenvalue weighted by Gasteiger charge is -2.34. The molecule has 1 aliphatic heterocycles. The van der Waals surface area contributed by atoms with Crippen molar-refractivity contribution in [3.63, 3.8) is 0 Å². The molecule has 1 saturated heterocycles. The van der Waals surface area contributed by atoms with Crippen LogP contribution in [0, 0.1) is 0 Å². The molecular weight excluding hydrogens is 322 g/mol. The maximum atomic E-state index is 12.3. The van der Waals surface area contributed by atoms with Crippen LogP contribution in [0.2, 0.25) is 0 Å². The lowest BCUT2D eigenvalue weighted by Crippen LogP contribution is -2.42. The molecule has 2 heterocycles. The van der Waals surface area contributed by atoms with Gasteiger partial charge in [-0.25, -0.2) is 9.59 Å². The highest BCUT2D eigenvalue weighted by Crippen LogP contribution is 2.28. The van der Waals surface area contributed by atoms with Crippen molar-refractivity contribution in [1.82, 2.24) is 10.2 Å².